The fraction of sp³-hybridized carbons (Fsp3) is 0.118. The van der Waals surface area contributed by atoms with Crippen molar-refractivity contribution in [3.8, 4) is 18.1 Å². The maximum Gasteiger partial charge on any atom is 0.387 e. The molecule has 0 bridgehead atoms. The van der Waals surface area contributed by atoms with Gasteiger partial charge in [-0.3, -0.25) is 4.79 Å². The first-order valence-electron chi connectivity index (χ1n) is 6.72. The van der Waals surface area contributed by atoms with E-state index >= 15 is 0 Å². The second-order valence-electron chi connectivity index (χ2n) is 4.50. The van der Waals surface area contributed by atoms with Gasteiger partial charge >= 0.3 is 6.61 Å². The van der Waals surface area contributed by atoms with E-state index in [2.05, 4.69) is 21.3 Å². The molecule has 118 valence electrons. The Morgan fingerprint density at radius 3 is 2.74 bits per heavy atom. The van der Waals surface area contributed by atoms with Gasteiger partial charge in [0.05, 0.1) is 12.2 Å². The maximum absolute atomic E-state index is 12.3. The van der Waals surface area contributed by atoms with Crippen LogP contribution in [0.3, 0.4) is 0 Å². The first-order valence-corrected chi connectivity index (χ1v) is 6.72. The Morgan fingerprint density at radius 1 is 1.22 bits per heavy atom. The number of para-hydroxylation sites is 2. The summed E-state index contributed by atoms with van der Waals surface area (Å²) in [7, 11) is 0. The number of nitrogens with one attached hydrogen (secondary N) is 2. The van der Waals surface area contributed by atoms with Crippen LogP contribution in [0.15, 0.2) is 48.5 Å². The van der Waals surface area contributed by atoms with Crippen molar-refractivity contribution in [3.63, 3.8) is 0 Å². The highest BCUT2D eigenvalue weighted by atomic mass is 19.3. The Balaban J connectivity index is 1.96. The quantitative estimate of drug-likeness (QED) is 0.804. The van der Waals surface area contributed by atoms with E-state index in [0.29, 0.717) is 11.3 Å². The number of halogens is 2. The number of anilines is 2. The van der Waals surface area contributed by atoms with Gasteiger partial charge in [-0.05, 0) is 30.3 Å². The van der Waals surface area contributed by atoms with Crippen LogP contribution >= 0.6 is 0 Å². The van der Waals surface area contributed by atoms with Crippen molar-refractivity contribution in [3.05, 3.63) is 54.1 Å². The minimum atomic E-state index is -2.96. The topological polar surface area (TPSA) is 50.4 Å². The van der Waals surface area contributed by atoms with Gasteiger partial charge in [0.25, 0.3) is 0 Å². The molecule has 0 aromatic heterocycles. The molecule has 0 aliphatic heterocycles. The van der Waals surface area contributed by atoms with Gasteiger partial charge in [-0.2, -0.15) is 8.78 Å². The van der Waals surface area contributed by atoms with E-state index in [-0.39, 0.29) is 18.0 Å². The van der Waals surface area contributed by atoms with Crippen LogP contribution in [0.1, 0.15) is 5.56 Å². The molecule has 2 aromatic carbocycles. The number of rotatable bonds is 6. The van der Waals surface area contributed by atoms with Gasteiger partial charge in [0.15, 0.2) is 0 Å². The Bertz CT molecular complexity index is 727. The number of carbonyl (C=O) groups is 1. The fourth-order valence-corrected chi connectivity index (χ4v) is 1.86. The third kappa shape index (κ3) is 5.00. The Labute approximate surface area is 132 Å². The third-order valence-corrected chi connectivity index (χ3v) is 2.86. The lowest BCUT2D eigenvalue weighted by Gasteiger charge is -2.12. The van der Waals surface area contributed by atoms with E-state index in [0.717, 1.165) is 0 Å². The van der Waals surface area contributed by atoms with E-state index < -0.39 is 12.5 Å². The SMILES string of the molecule is C#Cc1cccc(NCC(=O)Nc2ccccc2OC(F)F)c1. The summed E-state index contributed by atoms with van der Waals surface area (Å²) in [5.41, 5.74) is 1.55. The van der Waals surface area contributed by atoms with Crippen LogP contribution in [-0.2, 0) is 4.79 Å². The van der Waals surface area contributed by atoms with Crippen LogP contribution < -0.4 is 15.4 Å². The number of alkyl halides is 2. The smallest absolute Gasteiger partial charge is 0.387 e. The molecule has 0 aliphatic carbocycles. The molecule has 2 N–H and O–H groups in total. The largest absolute Gasteiger partial charge is 0.433 e. The summed E-state index contributed by atoms with van der Waals surface area (Å²) in [6.45, 7) is -3.01. The molecule has 0 fully saturated rings. The zero-order valence-corrected chi connectivity index (χ0v) is 12.1. The first kappa shape index (κ1) is 16.3. The number of hydrogen-bond donors (Lipinski definition) is 2. The average Bonchev–Trinajstić information content (AvgIpc) is 2.54. The monoisotopic (exact) mass is 316 g/mol. The molecule has 1 amide bonds. The number of ether oxygens (including phenoxy) is 1. The predicted molar refractivity (Wildman–Crippen MR) is 84.6 cm³/mol. The highest BCUT2D eigenvalue weighted by Crippen LogP contribution is 2.25. The predicted octanol–water partition coefficient (Wildman–Crippen LogP) is 3.32. The molecule has 23 heavy (non-hydrogen) atoms. The van der Waals surface area contributed by atoms with Gasteiger partial charge < -0.3 is 15.4 Å². The Hall–Kier alpha value is -3.07. The van der Waals surface area contributed by atoms with Gasteiger partial charge in [-0.15, -0.1) is 6.42 Å². The van der Waals surface area contributed by atoms with Crippen molar-refractivity contribution in [1.82, 2.24) is 0 Å². The molecule has 0 atom stereocenters. The summed E-state index contributed by atoms with van der Waals surface area (Å²) < 4.78 is 29.0. The van der Waals surface area contributed by atoms with Crippen LogP contribution in [0.5, 0.6) is 5.75 Å². The van der Waals surface area contributed by atoms with Crippen molar-refractivity contribution in [2.75, 3.05) is 17.2 Å². The van der Waals surface area contributed by atoms with E-state index in [9.17, 15) is 13.6 Å². The number of carbonyl (C=O) groups excluding carboxylic acids is 1. The van der Waals surface area contributed by atoms with E-state index in [1.807, 2.05) is 0 Å². The van der Waals surface area contributed by atoms with Crippen molar-refractivity contribution >= 4 is 17.3 Å². The molecular formula is C17H14F2N2O2. The molecule has 0 saturated carbocycles. The van der Waals surface area contributed by atoms with E-state index in [4.69, 9.17) is 6.42 Å². The van der Waals surface area contributed by atoms with Crippen molar-refractivity contribution < 1.29 is 18.3 Å². The Morgan fingerprint density at radius 2 is 2.00 bits per heavy atom. The summed E-state index contributed by atoms with van der Waals surface area (Å²) in [6.07, 6.45) is 5.30. The highest BCUT2D eigenvalue weighted by Gasteiger charge is 2.11. The lowest BCUT2D eigenvalue weighted by molar-refractivity contribution is -0.114. The summed E-state index contributed by atoms with van der Waals surface area (Å²) >= 11 is 0. The number of benzene rings is 2. The molecule has 0 heterocycles. The number of terminal acetylenes is 1. The standard InChI is InChI=1S/C17H14F2N2O2/c1-2-12-6-5-7-13(10-12)20-11-16(22)21-14-8-3-4-9-15(14)23-17(18)19/h1,3-10,17,20H,11H2,(H,21,22). The lowest BCUT2D eigenvalue weighted by Crippen LogP contribution is -2.22. The molecule has 2 aromatic rings. The lowest BCUT2D eigenvalue weighted by atomic mass is 10.2. The van der Waals surface area contributed by atoms with Crippen LogP contribution in [0, 0.1) is 12.3 Å². The van der Waals surface area contributed by atoms with E-state index in [1.165, 1.54) is 18.2 Å². The first-order chi connectivity index (χ1) is 11.1. The summed E-state index contributed by atoms with van der Waals surface area (Å²) in [5.74, 6) is 2.00. The number of hydrogen-bond acceptors (Lipinski definition) is 3. The zero-order valence-electron chi connectivity index (χ0n) is 12.1. The molecule has 0 aliphatic rings. The van der Waals surface area contributed by atoms with Crippen LogP contribution in [0.2, 0.25) is 0 Å². The summed E-state index contributed by atoms with van der Waals surface area (Å²) in [5, 5.41) is 5.42. The molecule has 0 unspecified atom stereocenters. The van der Waals surface area contributed by atoms with Gasteiger partial charge in [-0.25, -0.2) is 0 Å². The minimum absolute atomic E-state index is 0.0446. The van der Waals surface area contributed by atoms with E-state index in [1.54, 1.807) is 30.3 Å². The molecule has 2 rings (SSSR count). The molecular weight excluding hydrogens is 302 g/mol. The Kier molecular flexibility index (Phi) is 5.53. The highest BCUT2D eigenvalue weighted by molar-refractivity contribution is 5.95. The van der Waals surface area contributed by atoms with Crippen molar-refractivity contribution in [1.29, 1.82) is 0 Å². The molecule has 0 radical (unpaired) electrons. The van der Waals surface area contributed by atoms with Gasteiger partial charge in [0.1, 0.15) is 5.75 Å². The second-order valence-corrected chi connectivity index (χ2v) is 4.50. The third-order valence-electron chi connectivity index (χ3n) is 2.86. The average molecular weight is 316 g/mol. The van der Waals surface area contributed by atoms with Gasteiger partial charge in [0.2, 0.25) is 5.91 Å². The van der Waals surface area contributed by atoms with Crippen LogP contribution in [0.4, 0.5) is 20.2 Å². The van der Waals surface area contributed by atoms with Gasteiger partial charge in [0, 0.05) is 11.3 Å². The number of amides is 1. The van der Waals surface area contributed by atoms with Crippen LogP contribution in [0.25, 0.3) is 0 Å². The van der Waals surface area contributed by atoms with Crippen molar-refractivity contribution in [2.24, 2.45) is 0 Å². The zero-order chi connectivity index (χ0) is 16.7. The fourth-order valence-electron chi connectivity index (χ4n) is 1.86. The maximum atomic E-state index is 12.3. The molecule has 0 spiro atoms. The van der Waals surface area contributed by atoms with Gasteiger partial charge in [-0.1, -0.05) is 24.1 Å². The summed E-state index contributed by atoms with van der Waals surface area (Å²) in [6, 6.07) is 13.0. The summed E-state index contributed by atoms with van der Waals surface area (Å²) in [4.78, 5) is 11.9. The molecule has 6 heteroatoms. The van der Waals surface area contributed by atoms with Crippen molar-refractivity contribution in [2.45, 2.75) is 6.61 Å². The minimum Gasteiger partial charge on any atom is -0.433 e. The molecule has 0 saturated heterocycles. The molecule has 4 nitrogen and oxygen atoms in total. The second kappa shape index (κ2) is 7.80. The van der Waals surface area contributed by atoms with Crippen LogP contribution in [-0.4, -0.2) is 19.1 Å². The normalized spacial score (nSPS) is 10.0.